The third-order valence-electron chi connectivity index (χ3n) is 3.40. The molecular weight excluding hydrogens is 292 g/mol. The van der Waals surface area contributed by atoms with Crippen molar-refractivity contribution in [3.63, 3.8) is 0 Å². The van der Waals surface area contributed by atoms with Gasteiger partial charge in [0, 0.05) is 24.3 Å². The van der Waals surface area contributed by atoms with Gasteiger partial charge in [0.25, 0.3) is 0 Å². The van der Waals surface area contributed by atoms with E-state index in [0.29, 0.717) is 11.2 Å². The second kappa shape index (κ2) is 7.80. The van der Waals surface area contributed by atoms with E-state index in [1.54, 1.807) is 7.11 Å². The Morgan fingerprint density at radius 3 is 2.50 bits per heavy atom. The molecule has 0 amide bonds. The van der Waals surface area contributed by atoms with Crippen LogP contribution in [0.3, 0.4) is 0 Å². The lowest BCUT2D eigenvalue weighted by molar-refractivity contribution is 0.348. The Kier molecular flexibility index (Phi) is 5.78. The third kappa shape index (κ3) is 4.46. The fourth-order valence-corrected chi connectivity index (χ4v) is 2.56. The van der Waals surface area contributed by atoms with Crippen LogP contribution in [0.25, 0.3) is 0 Å². The molecule has 0 atom stereocenters. The molecule has 0 aliphatic rings. The predicted molar refractivity (Wildman–Crippen MR) is 96.3 cm³/mol. The molecule has 0 radical (unpaired) electrons. The van der Waals surface area contributed by atoms with Crippen LogP contribution in [0.5, 0.6) is 5.75 Å². The zero-order valence-electron chi connectivity index (χ0n) is 13.2. The maximum atomic E-state index is 5.59. The molecule has 0 unspecified atom stereocenters. The van der Waals surface area contributed by atoms with E-state index in [2.05, 4.69) is 36.2 Å². The quantitative estimate of drug-likeness (QED) is 0.832. The molecule has 116 valence electrons. The van der Waals surface area contributed by atoms with E-state index in [9.17, 15) is 0 Å². The van der Waals surface area contributed by atoms with Gasteiger partial charge in [-0.3, -0.25) is 0 Å². The van der Waals surface area contributed by atoms with E-state index < -0.39 is 0 Å². The summed E-state index contributed by atoms with van der Waals surface area (Å²) < 4.78 is 5.24. The topological polar surface area (TPSA) is 24.5 Å². The first-order chi connectivity index (χ1) is 10.6. The molecule has 0 aliphatic carbocycles. The molecule has 0 heterocycles. The fourth-order valence-electron chi connectivity index (χ4n) is 2.17. The summed E-state index contributed by atoms with van der Waals surface area (Å²) in [5.74, 6) is 0.812. The van der Waals surface area contributed by atoms with Gasteiger partial charge in [-0.25, -0.2) is 0 Å². The number of rotatable bonds is 5. The van der Waals surface area contributed by atoms with Crippen LogP contribution in [0, 0.1) is 0 Å². The lowest BCUT2D eigenvalue weighted by atomic mass is 10.2. The SMILES string of the molecule is COc1cccc(NC(=S)N(Cc2ccccc2)C(C)C)c1. The molecule has 2 aromatic rings. The van der Waals surface area contributed by atoms with Gasteiger partial charge in [-0.05, 0) is 43.8 Å². The normalized spacial score (nSPS) is 10.4. The average Bonchev–Trinajstić information content (AvgIpc) is 2.53. The van der Waals surface area contributed by atoms with Gasteiger partial charge in [0.1, 0.15) is 5.75 Å². The number of ether oxygens (including phenoxy) is 1. The van der Waals surface area contributed by atoms with Gasteiger partial charge in [0.15, 0.2) is 5.11 Å². The van der Waals surface area contributed by atoms with Crippen LogP contribution in [-0.2, 0) is 6.54 Å². The number of hydrogen-bond acceptors (Lipinski definition) is 2. The van der Waals surface area contributed by atoms with Gasteiger partial charge in [-0.1, -0.05) is 36.4 Å². The van der Waals surface area contributed by atoms with Gasteiger partial charge in [-0.2, -0.15) is 0 Å². The van der Waals surface area contributed by atoms with Crippen LogP contribution in [0.2, 0.25) is 0 Å². The second-order valence-electron chi connectivity index (χ2n) is 5.37. The van der Waals surface area contributed by atoms with Crippen LogP contribution in [-0.4, -0.2) is 23.2 Å². The number of nitrogens with one attached hydrogen (secondary N) is 1. The molecule has 0 fully saturated rings. The van der Waals surface area contributed by atoms with Crippen molar-refractivity contribution in [2.24, 2.45) is 0 Å². The molecule has 0 saturated heterocycles. The van der Waals surface area contributed by atoms with Crippen molar-refractivity contribution < 1.29 is 4.74 Å². The summed E-state index contributed by atoms with van der Waals surface area (Å²) in [5.41, 5.74) is 2.18. The van der Waals surface area contributed by atoms with E-state index in [0.717, 1.165) is 18.0 Å². The molecule has 0 saturated carbocycles. The molecule has 22 heavy (non-hydrogen) atoms. The molecule has 4 heteroatoms. The Bertz CT molecular complexity index is 613. The summed E-state index contributed by atoms with van der Waals surface area (Å²) in [4.78, 5) is 2.17. The molecule has 1 N–H and O–H groups in total. The van der Waals surface area contributed by atoms with Crippen LogP contribution in [0.1, 0.15) is 19.4 Å². The van der Waals surface area contributed by atoms with Crippen molar-refractivity contribution in [1.82, 2.24) is 4.90 Å². The maximum Gasteiger partial charge on any atom is 0.173 e. The minimum atomic E-state index is 0.311. The minimum Gasteiger partial charge on any atom is -0.497 e. The molecule has 0 aliphatic heterocycles. The van der Waals surface area contributed by atoms with E-state index in [-0.39, 0.29) is 0 Å². The first kappa shape index (κ1) is 16.3. The molecule has 2 rings (SSSR count). The van der Waals surface area contributed by atoms with E-state index in [1.807, 2.05) is 42.5 Å². The monoisotopic (exact) mass is 314 g/mol. The lowest BCUT2D eigenvalue weighted by Gasteiger charge is -2.30. The largest absolute Gasteiger partial charge is 0.497 e. The van der Waals surface area contributed by atoms with Gasteiger partial charge in [0.05, 0.1) is 7.11 Å². The van der Waals surface area contributed by atoms with Crippen molar-refractivity contribution in [3.8, 4) is 5.75 Å². The van der Waals surface area contributed by atoms with Crippen LogP contribution >= 0.6 is 12.2 Å². The summed E-state index contributed by atoms with van der Waals surface area (Å²) in [6.07, 6.45) is 0. The van der Waals surface area contributed by atoms with Crippen molar-refractivity contribution in [3.05, 3.63) is 60.2 Å². The zero-order chi connectivity index (χ0) is 15.9. The number of hydrogen-bond donors (Lipinski definition) is 1. The first-order valence-electron chi connectivity index (χ1n) is 7.35. The standard InChI is InChI=1S/C18H22N2OS/c1-14(2)20(13-15-8-5-4-6-9-15)18(22)19-16-10-7-11-17(12-16)21-3/h4-12,14H,13H2,1-3H3,(H,19,22). The Balaban J connectivity index is 2.09. The molecule has 0 aromatic heterocycles. The Hall–Kier alpha value is -2.07. The Morgan fingerprint density at radius 2 is 1.86 bits per heavy atom. The van der Waals surface area contributed by atoms with Crippen molar-refractivity contribution in [2.45, 2.75) is 26.4 Å². The third-order valence-corrected chi connectivity index (χ3v) is 3.74. The molecule has 0 bridgehead atoms. The van der Waals surface area contributed by atoms with Crippen molar-refractivity contribution >= 4 is 23.0 Å². The molecule has 0 spiro atoms. The Morgan fingerprint density at radius 1 is 1.14 bits per heavy atom. The van der Waals surface area contributed by atoms with Crippen molar-refractivity contribution in [1.29, 1.82) is 0 Å². The second-order valence-corrected chi connectivity index (χ2v) is 5.76. The summed E-state index contributed by atoms with van der Waals surface area (Å²) in [5, 5.41) is 4.01. The summed E-state index contributed by atoms with van der Waals surface area (Å²) in [6, 6.07) is 18.4. The van der Waals surface area contributed by atoms with Gasteiger partial charge < -0.3 is 15.0 Å². The summed E-state index contributed by atoms with van der Waals surface area (Å²) in [7, 11) is 1.66. The van der Waals surface area contributed by atoms with Crippen LogP contribution < -0.4 is 10.1 Å². The number of nitrogens with zero attached hydrogens (tertiary/aromatic N) is 1. The average molecular weight is 314 g/mol. The number of benzene rings is 2. The van der Waals surface area contributed by atoms with E-state index in [1.165, 1.54) is 5.56 Å². The summed E-state index contributed by atoms with van der Waals surface area (Å²) in [6.45, 7) is 5.07. The highest BCUT2D eigenvalue weighted by Crippen LogP contribution is 2.18. The maximum absolute atomic E-state index is 5.59. The van der Waals surface area contributed by atoms with Gasteiger partial charge in [-0.15, -0.1) is 0 Å². The Labute approximate surface area is 137 Å². The summed E-state index contributed by atoms with van der Waals surface area (Å²) >= 11 is 5.59. The number of methoxy groups -OCH3 is 1. The number of thiocarbonyl (C=S) groups is 1. The highest BCUT2D eigenvalue weighted by molar-refractivity contribution is 7.80. The van der Waals surface area contributed by atoms with E-state index in [4.69, 9.17) is 17.0 Å². The van der Waals surface area contributed by atoms with Crippen molar-refractivity contribution in [2.75, 3.05) is 12.4 Å². The highest BCUT2D eigenvalue weighted by atomic mass is 32.1. The predicted octanol–water partition coefficient (Wildman–Crippen LogP) is 4.30. The lowest BCUT2D eigenvalue weighted by Crippen LogP contribution is -2.39. The highest BCUT2D eigenvalue weighted by Gasteiger charge is 2.14. The fraction of sp³-hybridized carbons (Fsp3) is 0.278. The van der Waals surface area contributed by atoms with E-state index >= 15 is 0 Å². The smallest absolute Gasteiger partial charge is 0.173 e. The first-order valence-corrected chi connectivity index (χ1v) is 7.76. The van der Waals surface area contributed by atoms with Crippen LogP contribution in [0.15, 0.2) is 54.6 Å². The van der Waals surface area contributed by atoms with Gasteiger partial charge >= 0.3 is 0 Å². The molecular formula is C18H22N2OS. The van der Waals surface area contributed by atoms with Gasteiger partial charge in [0.2, 0.25) is 0 Å². The number of anilines is 1. The van der Waals surface area contributed by atoms with Crippen LogP contribution in [0.4, 0.5) is 5.69 Å². The minimum absolute atomic E-state index is 0.311. The molecule has 3 nitrogen and oxygen atoms in total. The zero-order valence-corrected chi connectivity index (χ0v) is 14.1. The molecule has 2 aromatic carbocycles.